The van der Waals surface area contributed by atoms with E-state index in [2.05, 4.69) is 0 Å². The van der Waals surface area contributed by atoms with Crippen LogP contribution in [0.4, 0.5) is 0 Å². The number of nitrogens with two attached hydrogens (primary N) is 1. The smallest absolute Gasteiger partial charge is 0.230 e. The van der Waals surface area contributed by atoms with E-state index in [1.807, 2.05) is 29.2 Å². The molecule has 0 saturated heterocycles. The Balaban J connectivity index is 1.78. The van der Waals surface area contributed by atoms with E-state index >= 15 is 0 Å². The van der Waals surface area contributed by atoms with Crippen molar-refractivity contribution in [1.29, 1.82) is 0 Å². The Morgan fingerprint density at radius 2 is 2.10 bits per heavy atom. The molecule has 2 aliphatic rings. The first kappa shape index (κ1) is 14.3. The zero-order valence-electron chi connectivity index (χ0n) is 12.0. The Bertz CT molecular complexity index is 557. The molecular formula is C16H20N2O2S. The van der Waals surface area contributed by atoms with Gasteiger partial charge in [-0.15, -0.1) is 0 Å². The van der Waals surface area contributed by atoms with Crippen molar-refractivity contribution in [2.75, 3.05) is 13.2 Å². The van der Waals surface area contributed by atoms with Gasteiger partial charge in [0.15, 0.2) is 0 Å². The number of carbonyl (C=O) groups excluding carboxylic acids is 1. The highest BCUT2D eigenvalue weighted by Gasteiger charge is 2.37. The molecule has 1 heterocycles. The maximum atomic E-state index is 12.9. The molecule has 4 nitrogen and oxygen atoms in total. The van der Waals surface area contributed by atoms with Gasteiger partial charge in [0.25, 0.3) is 0 Å². The number of fused-ring (bicyclic) bond motifs is 1. The third kappa shape index (κ3) is 3.18. The van der Waals surface area contributed by atoms with Crippen LogP contribution in [0.25, 0.3) is 0 Å². The first-order chi connectivity index (χ1) is 10.2. The molecule has 112 valence electrons. The summed E-state index contributed by atoms with van der Waals surface area (Å²) in [6.45, 7) is 1.24. The standard InChI is InChI=1S/C16H20N2O2S/c17-15(21)7-9-18(11-5-6-11)16(19)13-8-10-20-14-4-2-1-3-12(13)14/h1-4,11,13H,5-10H2,(H2,17,21). The average molecular weight is 304 g/mol. The summed E-state index contributed by atoms with van der Waals surface area (Å²) in [6, 6.07) is 8.21. The Kier molecular flexibility index (Phi) is 4.10. The van der Waals surface area contributed by atoms with Gasteiger partial charge < -0.3 is 15.4 Å². The van der Waals surface area contributed by atoms with Gasteiger partial charge in [0.05, 0.1) is 17.5 Å². The van der Waals surface area contributed by atoms with Crippen molar-refractivity contribution in [3.63, 3.8) is 0 Å². The summed E-state index contributed by atoms with van der Waals surface area (Å²) in [5.41, 5.74) is 6.60. The zero-order chi connectivity index (χ0) is 14.8. The van der Waals surface area contributed by atoms with Crippen molar-refractivity contribution < 1.29 is 9.53 Å². The molecule has 0 spiro atoms. The van der Waals surface area contributed by atoms with Crippen LogP contribution >= 0.6 is 12.2 Å². The molecule has 1 saturated carbocycles. The minimum Gasteiger partial charge on any atom is -0.493 e. The Morgan fingerprint density at radius 1 is 1.33 bits per heavy atom. The lowest BCUT2D eigenvalue weighted by Gasteiger charge is -2.31. The minimum absolute atomic E-state index is 0.0955. The van der Waals surface area contributed by atoms with E-state index in [9.17, 15) is 4.79 Å². The zero-order valence-corrected chi connectivity index (χ0v) is 12.8. The summed E-state index contributed by atoms with van der Waals surface area (Å²) < 4.78 is 5.65. The summed E-state index contributed by atoms with van der Waals surface area (Å²) in [6.07, 6.45) is 3.52. The predicted molar refractivity (Wildman–Crippen MR) is 85.4 cm³/mol. The van der Waals surface area contributed by atoms with Crippen molar-refractivity contribution in [2.24, 2.45) is 5.73 Å². The van der Waals surface area contributed by atoms with Crippen LogP contribution in [-0.2, 0) is 4.79 Å². The normalized spacial score (nSPS) is 20.3. The number of hydrogen-bond donors (Lipinski definition) is 1. The molecule has 2 N–H and O–H groups in total. The molecule has 1 unspecified atom stereocenters. The molecule has 1 aliphatic heterocycles. The minimum atomic E-state index is -0.0955. The molecule has 1 amide bonds. The fourth-order valence-electron chi connectivity index (χ4n) is 2.89. The van der Waals surface area contributed by atoms with Crippen LogP contribution in [0.5, 0.6) is 5.75 Å². The van der Waals surface area contributed by atoms with Crippen LogP contribution in [0.2, 0.25) is 0 Å². The molecule has 3 rings (SSSR count). The first-order valence-corrected chi connectivity index (χ1v) is 7.88. The fraction of sp³-hybridized carbons (Fsp3) is 0.500. The molecule has 21 heavy (non-hydrogen) atoms. The number of nitrogens with zero attached hydrogens (tertiary/aromatic N) is 1. The summed E-state index contributed by atoms with van der Waals surface area (Å²) in [5.74, 6) is 0.943. The number of amides is 1. The van der Waals surface area contributed by atoms with E-state index < -0.39 is 0 Å². The second-order valence-corrected chi connectivity index (χ2v) is 6.23. The number of hydrogen-bond acceptors (Lipinski definition) is 3. The topological polar surface area (TPSA) is 55.6 Å². The highest BCUT2D eigenvalue weighted by atomic mass is 32.1. The van der Waals surface area contributed by atoms with E-state index in [-0.39, 0.29) is 11.8 Å². The summed E-state index contributed by atoms with van der Waals surface area (Å²) >= 11 is 4.95. The number of benzene rings is 1. The van der Waals surface area contributed by atoms with E-state index in [1.165, 1.54) is 0 Å². The molecule has 5 heteroatoms. The second kappa shape index (κ2) is 6.02. The van der Waals surface area contributed by atoms with E-state index in [1.54, 1.807) is 0 Å². The molecule has 1 aliphatic carbocycles. The van der Waals surface area contributed by atoms with Gasteiger partial charge in [0.2, 0.25) is 5.91 Å². The maximum absolute atomic E-state index is 12.9. The second-order valence-electron chi connectivity index (χ2n) is 5.71. The van der Waals surface area contributed by atoms with Crippen molar-refractivity contribution in [3.05, 3.63) is 29.8 Å². The van der Waals surface area contributed by atoms with E-state index in [0.29, 0.717) is 30.6 Å². The van der Waals surface area contributed by atoms with Crippen molar-refractivity contribution in [3.8, 4) is 5.75 Å². The van der Waals surface area contributed by atoms with E-state index in [4.69, 9.17) is 22.7 Å². The van der Waals surface area contributed by atoms with Crippen LogP contribution in [0.15, 0.2) is 24.3 Å². The first-order valence-electron chi connectivity index (χ1n) is 7.47. The van der Waals surface area contributed by atoms with Crippen LogP contribution in [0.3, 0.4) is 0 Å². The molecule has 1 aromatic carbocycles. The largest absolute Gasteiger partial charge is 0.493 e. The maximum Gasteiger partial charge on any atom is 0.230 e. The SMILES string of the molecule is NC(=S)CCN(C(=O)C1CCOc2ccccc21)C1CC1. The van der Waals surface area contributed by atoms with Gasteiger partial charge in [-0.1, -0.05) is 30.4 Å². The third-order valence-electron chi connectivity index (χ3n) is 4.13. The van der Waals surface area contributed by atoms with E-state index in [0.717, 1.165) is 30.6 Å². The van der Waals surface area contributed by atoms with Gasteiger partial charge in [-0.3, -0.25) is 4.79 Å². The lowest BCUT2D eigenvalue weighted by atomic mass is 9.91. The average Bonchev–Trinajstić information content (AvgIpc) is 3.31. The summed E-state index contributed by atoms with van der Waals surface area (Å²) in [5, 5.41) is 0. The van der Waals surface area contributed by atoms with Gasteiger partial charge in [0.1, 0.15) is 5.75 Å². The number of para-hydroxylation sites is 1. The molecule has 1 fully saturated rings. The van der Waals surface area contributed by atoms with Gasteiger partial charge in [0, 0.05) is 24.6 Å². The van der Waals surface area contributed by atoms with Crippen LogP contribution in [-0.4, -0.2) is 35.0 Å². The van der Waals surface area contributed by atoms with Crippen molar-refractivity contribution in [2.45, 2.75) is 37.6 Å². The number of thiocarbonyl (C=S) groups is 1. The molecule has 0 aromatic heterocycles. The number of carbonyl (C=O) groups is 1. The van der Waals surface area contributed by atoms with Gasteiger partial charge in [-0.05, 0) is 25.3 Å². The lowest BCUT2D eigenvalue weighted by Crippen LogP contribution is -2.40. The Labute approximate surface area is 130 Å². The van der Waals surface area contributed by atoms with Crippen LogP contribution in [0.1, 0.15) is 37.2 Å². The molecule has 0 radical (unpaired) electrons. The van der Waals surface area contributed by atoms with Crippen LogP contribution in [0, 0.1) is 0 Å². The molecule has 1 atom stereocenters. The third-order valence-corrected chi connectivity index (χ3v) is 4.33. The number of ether oxygens (including phenoxy) is 1. The molecule has 1 aromatic rings. The summed E-state index contributed by atoms with van der Waals surface area (Å²) in [4.78, 5) is 15.4. The van der Waals surface area contributed by atoms with Crippen molar-refractivity contribution in [1.82, 2.24) is 4.90 Å². The van der Waals surface area contributed by atoms with Crippen molar-refractivity contribution >= 4 is 23.1 Å². The highest BCUT2D eigenvalue weighted by Crippen LogP contribution is 2.37. The highest BCUT2D eigenvalue weighted by molar-refractivity contribution is 7.80. The predicted octanol–water partition coefficient (Wildman–Crippen LogP) is 2.22. The van der Waals surface area contributed by atoms with Crippen LogP contribution < -0.4 is 10.5 Å². The monoisotopic (exact) mass is 304 g/mol. The molecule has 0 bridgehead atoms. The Morgan fingerprint density at radius 3 is 2.81 bits per heavy atom. The molecular weight excluding hydrogens is 284 g/mol. The van der Waals surface area contributed by atoms with Gasteiger partial charge >= 0.3 is 0 Å². The lowest BCUT2D eigenvalue weighted by molar-refractivity contribution is -0.134. The fourth-order valence-corrected chi connectivity index (χ4v) is 2.98. The van der Waals surface area contributed by atoms with Gasteiger partial charge in [-0.2, -0.15) is 0 Å². The summed E-state index contributed by atoms with van der Waals surface area (Å²) in [7, 11) is 0. The number of rotatable bonds is 5. The quantitative estimate of drug-likeness (QED) is 0.848. The Hall–Kier alpha value is -1.62. The van der Waals surface area contributed by atoms with Gasteiger partial charge in [-0.25, -0.2) is 0 Å².